The number of ether oxygens (including phenoxy) is 2. The lowest BCUT2D eigenvalue weighted by Gasteiger charge is -2.48. The molecule has 73 heavy (non-hydrogen) atoms. The Balaban J connectivity index is 0.669. The van der Waals surface area contributed by atoms with E-state index >= 15 is 8.78 Å². The number of anilines is 1. The van der Waals surface area contributed by atoms with Gasteiger partial charge in [0.15, 0.2) is 5.82 Å². The van der Waals surface area contributed by atoms with Gasteiger partial charge < -0.3 is 24.4 Å². The van der Waals surface area contributed by atoms with Gasteiger partial charge in [0.25, 0.3) is 11.8 Å². The number of aromatic hydroxyl groups is 1. The maximum absolute atomic E-state index is 17.3. The molecule has 2 spiro atoms. The van der Waals surface area contributed by atoms with Crippen molar-refractivity contribution in [2.24, 2.45) is 10.8 Å². The Morgan fingerprint density at radius 1 is 0.863 bits per heavy atom. The van der Waals surface area contributed by atoms with E-state index in [0.29, 0.717) is 81.8 Å². The predicted octanol–water partition coefficient (Wildman–Crippen LogP) is 7.75. The molecule has 8 aliphatic rings. The van der Waals surface area contributed by atoms with Crippen molar-refractivity contribution in [3.8, 4) is 23.0 Å². The molecular formula is C56H60F2N8O7. The second-order valence-corrected chi connectivity index (χ2v) is 22.6. The van der Waals surface area contributed by atoms with E-state index in [1.54, 1.807) is 18.3 Å². The van der Waals surface area contributed by atoms with Gasteiger partial charge in [-0.25, -0.2) is 8.78 Å². The molecule has 380 valence electrons. The molecule has 0 radical (unpaired) electrons. The van der Waals surface area contributed by atoms with Gasteiger partial charge in [-0.2, -0.15) is 9.97 Å². The minimum Gasteiger partial charge on any atom is -0.508 e. The van der Waals surface area contributed by atoms with Crippen LogP contribution in [0.1, 0.15) is 128 Å². The number of likely N-dealkylation sites (tertiary alicyclic amines) is 1. The lowest BCUT2D eigenvalue weighted by atomic mass is 9.66. The number of phenolic OH excluding ortho intramolecular Hbond substituents is 1. The van der Waals surface area contributed by atoms with Crippen LogP contribution in [0.3, 0.4) is 0 Å². The lowest BCUT2D eigenvalue weighted by Crippen LogP contribution is -2.56. The normalized spacial score (nSPS) is 24.9. The molecule has 4 saturated heterocycles. The van der Waals surface area contributed by atoms with Gasteiger partial charge in [0.1, 0.15) is 34.6 Å². The molecule has 2 N–H and O–H groups in total. The molecule has 5 aromatic rings. The summed E-state index contributed by atoms with van der Waals surface area (Å²) >= 11 is 0. The third kappa shape index (κ3) is 8.02. The number of nitrogens with one attached hydrogen (secondary N) is 1. The fraction of sp³-hybridized carbons (Fsp3) is 0.518. The van der Waals surface area contributed by atoms with Gasteiger partial charge in [0.2, 0.25) is 11.8 Å². The highest BCUT2D eigenvalue weighted by Crippen LogP contribution is 2.51. The number of carbonyl (C=O) groups excluding carboxylic acids is 4. The Hall–Kier alpha value is -6.17. The van der Waals surface area contributed by atoms with Crippen molar-refractivity contribution in [2.75, 3.05) is 50.8 Å². The van der Waals surface area contributed by atoms with E-state index in [-0.39, 0.29) is 52.7 Å². The van der Waals surface area contributed by atoms with Gasteiger partial charge >= 0.3 is 6.01 Å². The third-order valence-corrected chi connectivity index (χ3v) is 18.2. The third-order valence-electron chi connectivity index (χ3n) is 18.2. The quantitative estimate of drug-likeness (QED) is 0.130. The topological polar surface area (TPSA) is 171 Å². The molecule has 15 nitrogen and oxygen atoms in total. The van der Waals surface area contributed by atoms with Crippen molar-refractivity contribution >= 4 is 51.1 Å². The first-order valence-corrected chi connectivity index (χ1v) is 26.5. The molecule has 17 heteroatoms. The number of hydrogen-bond donors (Lipinski definition) is 2. The van der Waals surface area contributed by atoms with Crippen molar-refractivity contribution in [3.63, 3.8) is 0 Å². The highest BCUT2D eigenvalue weighted by molar-refractivity contribution is 6.23. The number of nitrogens with zero attached hydrogens (tertiary/aromatic N) is 7. The van der Waals surface area contributed by atoms with Gasteiger partial charge in [-0.3, -0.25) is 39.3 Å². The fourth-order valence-electron chi connectivity index (χ4n) is 13.7. The van der Waals surface area contributed by atoms with Crippen LogP contribution in [0.15, 0.2) is 42.6 Å². The lowest BCUT2D eigenvalue weighted by molar-refractivity contribution is -0.151. The van der Waals surface area contributed by atoms with E-state index in [4.69, 9.17) is 19.4 Å². The minimum atomic E-state index is -0.971. The second-order valence-electron chi connectivity index (χ2n) is 22.6. The Labute approximate surface area is 421 Å². The average Bonchev–Trinajstić information content (AvgIpc) is 3.95. The molecule has 2 saturated carbocycles. The summed E-state index contributed by atoms with van der Waals surface area (Å²) in [5, 5.41) is 14.6. The zero-order chi connectivity index (χ0) is 50.0. The van der Waals surface area contributed by atoms with Crippen molar-refractivity contribution in [3.05, 3.63) is 82.0 Å². The van der Waals surface area contributed by atoms with Gasteiger partial charge in [-0.05, 0) is 153 Å². The molecule has 2 aromatic heterocycles. The van der Waals surface area contributed by atoms with Crippen LogP contribution in [-0.4, -0.2) is 122 Å². The maximum atomic E-state index is 17.3. The molecule has 0 bridgehead atoms. The number of aryl methyl sites for hydroxylation is 1. The van der Waals surface area contributed by atoms with E-state index in [1.165, 1.54) is 25.0 Å². The smallest absolute Gasteiger partial charge is 0.319 e. The monoisotopic (exact) mass is 994 g/mol. The molecule has 1 unspecified atom stereocenters. The highest BCUT2D eigenvalue weighted by Gasteiger charge is 2.49. The number of hydrogen-bond acceptors (Lipinski definition) is 13. The van der Waals surface area contributed by atoms with Crippen LogP contribution in [0.4, 0.5) is 14.6 Å². The van der Waals surface area contributed by atoms with Crippen molar-refractivity contribution in [1.82, 2.24) is 35.0 Å². The zero-order valence-corrected chi connectivity index (χ0v) is 41.2. The van der Waals surface area contributed by atoms with E-state index < -0.39 is 35.4 Å². The molecular weight excluding hydrogens is 935 g/mol. The number of pyridine rings is 1. The molecule has 13 rings (SSSR count). The number of amides is 4. The van der Waals surface area contributed by atoms with Gasteiger partial charge in [0, 0.05) is 68.8 Å². The van der Waals surface area contributed by atoms with Crippen LogP contribution in [0.2, 0.25) is 0 Å². The van der Waals surface area contributed by atoms with Crippen LogP contribution < -0.4 is 15.0 Å². The predicted molar refractivity (Wildman–Crippen MR) is 266 cm³/mol. The van der Waals surface area contributed by atoms with Gasteiger partial charge in [-0.1, -0.05) is 13.0 Å². The van der Waals surface area contributed by atoms with E-state index in [9.17, 15) is 24.3 Å². The second kappa shape index (κ2) is 17.5. The van der Waals surface area contributed by atoms with Crippen LogP contribution >= 0.6 is 0 Å². The Bertz CT molecular complexity index is 3110. The summed E-state index contributed by atoms with van der Waals surface area (Å²) in [4.78, 5) is 74.0. The summed E-state index contributed by atoms with van der Waals surface area (Å²) < 4.78 is 45.2. The Morgan fingerprint density at radius 3 is 2.27 bits per heavy atom. The number of carbonyl (C=O) groups is 4. The zero-order valence-electron chi connectivity index (χ0n) is 41.2. The SMILES string of the molecule is CCc1c(F)ccc2cc(O)cc(-c3ncc4c(N5CCC[C@]6(CCO6)C5)nc(OCC5(CN6CCC7(CCC(N8Cc9cc%10c(cc9C8)C(=O)N(C8CCC(=O)NC8=O)C%10=O)CC7)CC6)CC5)nc4c3F)c12. The fourth-order valence-corrected chi connectivity index (χ4v) is 13.7. The first-order chi connectivity index (χ1) is 35.3. The molecule has 2 aliphatic carbocycles. The standard InChI is InChI=1S/C56H60F2N8O7/c1-2-37-42(57)5-4-32-22-36(67)25-40(45(32)37)47-46(58)48-41(26-59-47)49(64-18-3-10-56(30-64)17-21-73-56)62-53(61-48)72-31-55(13-14-55)29-63-19-15-54(16-20-63)11-8-35(9-12-54)65-27-33-23-38-39(24-34(33)28-65)52(71)66(51(38)70)43-6-7-44(68)60-50(43)69/h4-5,22-26,35,43,67H,2-3,6-21,27-31H2,1H3,(H,60,68,69)/t43?,56-/m0/s1. The van der Waals surface area contributed by atoms with Gasteiger partial charge in [0.05, 0.1) is 35.3 Å². The van der Waals surface area contributed by atoms with Crippen molar-refractivity contribution in [1.29, 1.82) is 0 Å². The summed E-state index contributed by atoms with van der Waals surface area (Å²) in [6.07, 6.45) is 13.9. The van der Waals surface area contributed by atoms with Crippen molar-refractivity contribution in [2.45, 2.75) is 128 Å². The molecule has 3 aromatic carbocycles. The Morgan fingerprint density at radius 2 is 1.60 bits per heavy atom. The maximum Gasteiger partial charge on any atom is 0.319 e. The van der Waals surface area contributed by atoms with Gasteiger partial charge in [-0.15, -0.1) is 0 Å². The Kier molecular flexibility index (Phi) is 11.2. The van der Waals surface area contributed by atoms with Crippen LogP contribution in [-0.2, 0) is 33.8 Å². The largest absolute Gasteiger partial charge is 0.508 e. The summed E-state index contributed by atoms with van der Waals surface area (Å²) in [5.74, 6) is -2.51. The first-order valence-electron chi connectivity index (χ1n) is 26.5. The number of rotatable bonds is 10. The molecule has 2 atom stereocenters. The number of imide groups is 2. The minimum absolute atomic E-state index is 0.0264. The summed E-state index contributed by atoms with van der Waals surface area (Å²) in [7, 11) is 0. The number of piperidine rings is 3. The molecule has 8 heterocycles. The number of aromatic nitrogens is 3. The van der Waals surface area contributed by atoms with E-state index in [0.717, 1.165) is 113 Å². The molecule has 6 fully saturated rings. The average molecular weight is 995 g/mol. The molecule has 4 amide bonds. The van der Waals surface area contributed by atoms with E-state index in [2.05, 4.69) is 25.0 Å². The number of phenols is 1. The van der Waals surface area contributed by atoms with E-state index in [1.807, 2.05) is 19.1 Å². The van der Waals surface area contributed by atoms with Crippen LogP contribution in [0.5, 0.6) is 11.8 Å². The summed E-state index contributed by atoms with van der Waals surface area (Å²) in [5.41, 5.74) is 3.58. The first kappa shape index (κ1) is 46.6. The highest BCUT2D eigenvalue weighted by atomic mass is 19.1. The summed E-state index contributed by atoms with van der Waals surface area (Å²) in [6.45, 7) is 8.72. The number of benzene rings is 3. The van der Waals surface area contributed by atoms with Crippen molar-refractivity contribution < 1.29 is 42.5 Å². The number of halogens is 2. The van der Waals surface area contributed by atoms with Crippen LogP contribution in [0.25, 0.3) is 32.9 Å². The molecule has 6 aliphatic heterocycles. The van der Waals surface area contributed by atoms with Crippen LogP contribution in [0, 0.1) is 22.5 Å². The summed E-state index contributed by atoms with van der Waals surface area (Å²) in [6, 6.07) is 9.25. The number of fused-ring (bicyclic) bond motifs is 4.